The number of hydrogen-bond acceptors (Lipinski definition) is 2. The van der Waals surface area contributed by atoms with E-state index in [-0.39, 0.29) is 5.78 Å². The minimum absolute atomic E-state index is 0.00326. The molecule has 2 rings (SSSR count). The molecule has 0 atom stereocenters. The lowest BCUT2D eigenvalue weighted by Crippen LogP contribution is -1.91. The monoisotopic (exact) mass is 208 g/mol. The van der Waals surface area contributed by atoms with Gasteiger partial charge in [0.1, 0.15) is 11.3 Å². The first kappa shape index (κ1) is 9.28. The summed E-state index contributed by atoms with van der Waals surface area (Å²) in [6.45, 7) is 3.31. The lowest BCUT2D eigenvalue weighted by Gasteiger charge is -1.92. The number of hydrogen-bond donors (Lipinski definition) is 0. The van der Waals surface area contributed by atoms with Crippen LogP contribution in [-0.2, 0) is 0 Å². The first-order valence-corrected chi connectivity index (χ1v) is 4.67. The molecule has 0 fully saturated rings. The number of Topliss-reactive ketones (excluding diaryl/α,β-unsaturated/α-hetero) is 1. The highest BCUT2D eigenvalue weighted by Gasteiger charge is 2.14. The van der Waals surface area contributed by atoms with Crippen LogP contribution in [0.25, 0.3) is 11.0 Å². The zero-order valence-corrected chi connectivity index (χ0v) is 8.68. The highest BCUT2D eigenvalue weighted by Crippen LogP contribution is 2.28. The summed E-state index contributed by atoms with van der Waals surface area (Å²) in [7, 11) is 0. The van der Waals surface area contributed by atoms with Crippen LogP contribution in [0.1, 0.15) is 23.0 Å². The third-order valence-corrected chi connectivity index (χ3v) is 2.41. The van der Waals surface area contributed by atoms with Gasteiger partial charge >= 0.3 is 0 Å². The van der Waals surface area contributed by atoms with Gasteiger partial charge in [-0.1, -0.05) is 11.6 Å². The number of carbonyl (C=O) groups excluding carboxylic acids is 1. The van der Waals surface area contributed by atoms with E-state index in [4.69, 9.17) is 16.0 Å². The number of furan rings is 1. The predicted octanol–water partition coefficient (Wildman–Crippen LogP) is 3.60. The van der Waals surface area contributed by atoms with E-state index in [0.717, 1.165) is 5.39 Å². The quantitative estimate of drug-likeness (QED) is 0.671. The minimum atomic E-state index is 0.00326. The molecule has 14 heavy (non-hydrogen) atoms. The third kappa shape index (κ3) is 1.32. The van der Waals surface area contributed by atoms with E-state index in [2.05, 4.69) is 0 Å². The Morgan fingerprint density at radius 1 is 1.43 bits per heavy atom. The van der Waals surface area contributed by atoms with Gasteiger partial charge in [-0.2, -0.15) is 0 Å². The Hall–Kier alpha value is -1.28. The normalized spacial score (nSPS) is 10.8. The van der Waals surface area contributed by atoms with Gasteiger partial charge in [0.15, 0.2) is 5.78 Å². The van der Waals surface area contributed by atoms with Gasteiger partial charge in [-0.05, 0) is 32.0 Å². The molecule has 0 aliphatic heterocycles. The number of ketones is 1. The van der Waals surface area contributed by atoms with Crippen LogP contribution in [0, 0.1) is 6.92 Å². The Balaban J connectivity index is 2.86. The van der Waals surface area contributed by atoms with E-state index in [1.54, 1.807) is 25.1 Å². The molecule has 0 aliphatic carbocycles. The molecule has 0 saturated carbocycles. The van der Waals surface area contributed by atoms with E-state index in [1.807, 2.05) is 0 Å². The molecule has 2 aromatic rings. The van der Waals surface area contributed by atoms with Crippen molar-refractivity contribution in [1.29, 1.82) is 0 Å². The molecule has 1 aromatic carbocycles. The van der Waals surface area contributed by atoms with E-state index in [9.17, 15) is 4.79 Å². The number of aryl methyl sites for hydroxylation is 1. The molecule has 1 heterocycles. The summed E-state index contributed by atoms with van der Waals surface area (Å²) < 4.78 is 5.44. The van der Waals surface area contributed by atoms with Crippen LogP contribution >= 0.6 is 11.6 Å². The molecule has 0 spiro atoms. The van der Waals surface area contributed by atoms with Crippen molar-refractivity contribution in [3.63, 3.8) is 0 Å². The molecule has 72 valence electrons. The molecular weight excluding hydrogens is 200 g/mol. The van der Waals surface area contributed by atoms with Crippen LogP contribution in [0.2, 0.25) is 5.02 Å². The molecule has 3 heteroatoms. The Labute approximate surface area is 86.5 Å². The fourth-order valence-corrected chi connectivity index (χ4v) is 1.80. The Morgan fingerprint density at radius 3 is 2.79 bits per heavy atom. The number of fused-ring (bicyclic) bond motifs is 1. The van der Waals surface area contributed by atoms with Gasteiger partial charge in [0.05, 0.1) is 5.56 Å². The minimum Gasteiger partial charge on any atom is -0.461 e. The fraction of sp³-hybridized carbons (Fsp3) is 0.182. The van der Waals surface area contributed by atoms with E-state index >= 15 is 0 Å². The van der Waals surface area contributed by atoms with Crippen molar-refractivity contribution in [2.45, 2.75) is 13.8 Å². The van der Waals surface area contributed by atoms with Gasteiger partial charge in [-0.15, -0.1) is 0 Å². The lowest BCUT2D eigenvalue weighted by molar-refractivity contribution is 0.101. The average Bonchev–Trinajstić information content (AvgIpc) is 2.40. The average molecular weight is 209 g/mol. The Morgan fingerprint density at radius 2 is 2.14 bits per heavy atom. The summed E-state index contributed by atoms with van der Waals surface area (Å²) in [6, 6.07) is 5.28. The van der Waals surface area contributed by atoms with Gasteiger partial charge < -0.3 is 4.42 Å². The zero-order chi connectivity index (χ0) is 10.3. The molecule has 1 aromatic heterocycles. The van der Waals surface area contributed by atoms with Crippen LogP contribution in [0.3, 0.4) is 0 Å². The summed E-state index contributed by atoms with van der Waals surface area (Å²) in [5.41, 5.74) is 1.33. The summed E-state index contributed by atoms with van der Waals surface area (Å²) in [5, 5.41) is 1.41. The number of halogens is 1. The van der Waals surface area contributed by atoms with Gasteiger partial charge in [0, 0.05) is 10.4 Å². The maximum atomic E-state index is 11.3. The number of benzene rings is 1. The van der Waals surface area contributed by atoms with Crippen molar-refractivity contribution >= 4 is 28.4 Å². The topological polar surface area (TPSA) is 30.2 Å². The Kier molecular flexibility index (Phi) is 2.08. The van der Waals surface area contributed by atoms with E-state index in [1.165, 1.54) is 6.92 Å². The van der Waals surface area contributed by atoms with Crippen LogP contribution in [0.15, 0.2) is 22.6 Å². The third-order valence-electron chi connectivity index (χ3n) is 2.18. The standard InChI is InChI=1S/C11H9ClO2/c1-6(13)11-7(2)14-10-4-3-8(12)5-9(10)11/h3-5H,1-2H3. The van der Waals surface area contributed by atoms with Gasteiger partial charge in [-0.25, -0.2) is 0 Å². The van der Waals surface area contributed by atoms with Gasteiger partial charge in [-0.3, -0.25) is 4.79 Å². The highest BCUT2D eigenvalue weighted by atomic mass is 35.5. The molecule has 2 nitrogen and oxygen atoms in total. The summed E-state index contributed by atoms with van der Waals surface area (Å²) in [6.07, 6.45) is 0. The van der Waals surface area contributed by atoms with Crippen molar-refractivity contribution in [2.75, 3.05) is 0 Å². The SMILES string of the molecule is CC(=O)c1c(C)oc2ccc(Cl)cc12. The molecule has 0 unspecified atom stereocenters. The van der Waals surface area contributed by atoms with Crippen LogP contribution in [0.5, 0.6) is 0 Å². The smallest absolute Gasteiger partial charge is 0.163 e. The second-order valence-corrected chi connectivity index (χ2v) is 3.67. The molecule has 0 bridgehead atoms. The van der Waals surface area contributed by atoms with Gasteiger partial charge in [0.2, 0.25) is 0 Å². The molecule has 0 aliphatic rings. The van der Waals surface area contributed by atoms with Crippen molar-refractivity contribution in [2.24, 2.45) is 0 Å². The predicted molar refractivity (Wildman–Crippen MR) is 56.0 cm³/mol. The van der Waals surface area contributed by atoms with E-state index < -0.39 is 0 Å². The summed E-state index contributed by atoms with van der Waals surface area (Å²) in [4.78, 5) is 11.3. The van der Waals surface area contributed by atoms with E-state index in [0.29, 0.717) is 21.9 Å². The highest BCUT2D eigenvalue weighted by molar-refractivity contribution is 6.31. The first-order valence-electron chi connectivity index (χ1n) is 4.29. The second-order valence-electron chi connectivity index (χ2n) is 3.23. The summed E-state index contributed by atoms with van der Waals surface area (Å²) in [5.74, 6) is 0.651. The van der Waals surface area contributed by atoms with Crippen LogP contribution in [-0.4, -0.2) is 5.78 Å². The lowest BCUT2D eigenvalue weighted by atomic mass is 10.1. The first-order chi connectivity index (χ1) is 6.59. The van der Waals surface area contributed by atoms with Crippen LogP contribution < -0.4 is 0 Å². The molecule has 0 N–H and O–H groups in total. The Bertz CT molecular complexity index is 511. The number of rotatable bonds is 1. The maximum Gasteiger partial charge on any atom is 0.163 e. The molecule has 0 radical (unpaired) electrons. The molecular formula is C11H9ClO2. The van der Waals surface area contributed by atoms with Crippen molar-refractivity contribution in [3.8, 4) is 0 Å². The maximum absolute atomic E-state index is 11.3. The molecule has 0 amide bonds. The molecule has 0 saturated heterocycles. The van der Waals surface area contributed by atoms with Crippen molar-refractivity contribution < 1.29 is 9.21 Å². The largest absolute Gasteiger partial charge is 0.461 e. The van der Waals surface area contributed by atoms with Gasteiger partial charge in [0.25, 0.3) is 0 Å². The van der Waals surface area contributed by atoms with Crippen molar-refractivity contribution in [1.82, 2.24) is 0 Å². The number of carbonyl (C=O) groups is 1. The fourth-order valence-electron chi connectivity index (χ4n) is 1.63. The summed E-state index contributed by atoms with van der Waals surface area (Å²) >= 11 is 5.85. The van der Waals surface area contributed by atoms with Crippen molar-refractivity contribution in [3.05, 3.63) is 34.5 Å². The zero-order valence-electron chi connectivity index (χ0n) is 7.93. The van der Waals surface area contributed by atoms with Crippen LogP contribution in [0.4, 0.5) is 0 Å². The second kappa shape index (κ2) is 3.14.